The molecule has 1 heterocycles. The van der Waals surface area contributed by atoms with E-state index in [4.69, 9.17) is 4.74 Å². The third kappa shape index (κ3) is 5.73. The van der Waals surface area contributed by atoms with Gasteiger partial charge in [0.25, 0.3) is 0 Å². The summed E-state index contributed by atoms with van der Waals surface area (Å²) in [6.45, 7) is 1.49. The predicted octanol–water partition coefficient (Wildman–Crippen LogP) is 4.46. The van der Waals surface area contributed by atoms with E-state index in [1.165, 1.54) is 19.6 Å². The number of amides is 1. The van der Waals surface area contributed by atoms with Gasteiger partial charge in [-0.1, -0.05) is 33.8 Å². The van der Waals surface area contributed by atoms with Crippen molar-refractivity contribution in [3.63, 3.8) is 0 Å². The Morgan fingerprint density at radius 2 is 2.06 bits per heavy atom. The first kappa shape index (κ1) is 25.3. The van der Waals surface area contributed by atoms with Crippen molar-refractivity contribution < 1.29 is 24.2 Å². The number of phenols is 1. The van der Waals surface area contributed by atoms with Gasteiger partial charge in [-0.2, -0.15) is 0 Å². The average molecular weight is 559 g/mol. The number of rotatable bonds is 8. The van der Waals surface area contributed by atoms with Gasteiger partial charge in [-0.25, -0.2) is 4.79 Å². The van der Waals surface area contributed by atoms with Gasteiger partial charge in [0.05, 0.1) is 13.0 Å². The van der Waals surface area contributed by atoms with Gasteiger partial charge in [0.15, 0.2) is 5.12 Å². The van der Waals surface area contributed by atoms with Gasteiger partial charge in [-0.15, -0.1) is 0 Å². The third-order valence-electron chi connectivity index (χ3n) is 6.50. The molecule has 3 unspecified atom stereocenters. The van der Waals surface area contributed by atoms with Gasteiger partial charge in [0.1, 0.15) is 11.8 Å². The molecule has 0 bridgehead atoms. The molecule has 1 amide bonds. The highest BCUT2D eigenvalue weighted by Gasteiger charge is 2.36. The zero-order valence-corrected chi connectivity index (χ0v) is 21.9. The van der Waals surface area contributed by atoms with Crippen molar-refractivity contribution in [1.82, 2.24) is 10.3 Å². The van der Waals surface area contributed by atoms with Crippen molar-refractivity contribution >= 4 is 55.6 Å². The second-order valence-electron chi connectivity index (χ2n) is 8.73. The summed E-state index contributed by atoms with van der Waals surface area (Å²) in [4.78, 5) is 41.1. The predicted molar refractivity (Wildman–Crippen MR) is 139 cm³/mol. The average Bonchev–Trinajstić information content (AvgIpc) is 3.41. The minimum absolute atomic E-state index is 0.0479. The second kappa shape index (κ2) is 10.9. The zero-order chi connectivity index (χ0) is 25.1. The maximum absolute atomic E-state index is 13.6. The normalized spacial score (nSPS) is 16.5. The van der Waals surface area contributed by atoms with Crippen molar-refractivity contribution in [2.24, 2.45) is 5.92 Å². The van der Waals surface area contributed by atoms with E-state index in [2.05, 4.69) is 32.3 Å². The highest BCUT2D eigenvalue weighted by molar-refractivity contribution is 9.10. The number of benzene rings is 2. The Labute approximate surface area is 216 Å². The zero-order valence-electron chi connectivity index (χ0n) is 19.5. The quantitative estimate of drug-likeness (QED) is 0.352. The molecule has 9 heteroatoms. The maximum Gasteiger partial charge on any atom is 0.328 e. The molecule has 0 fully saturated rings. The number of hydrogen-bond donors (Lipinski definition) is 3. The van der Waals surface area contributed by atoms with E-state index in [9.17, 15) is 19.5 Å². The Balaban J connectivity index is 1.59. The van der Waals surface area contributed by atoms with E-state index in [1.807, 2.05) is 12.1 Å². The second-order valence-corrected chi connectivity index (χ2v) is 10.8. The Hall–Kier alpha value is -2.78. The van der Waals surface area contributed by atoms with Crippen molar-refractivity contribution in [3.8, 4) is 5.75 Å². The van der Waals surface area contributed by atoms with Crippen molar-refractivity contribution in [2.45, 2.75) is 38.1 Å². The fourth-order valence-corrected chi connectivity index (χ4v) is 5.99. The Bertz CT molecular complexity index is 1270. The number of thioether (sulfide) groups is 1. The van der Waals surface area contributed by atoms with Crippen LogP contribution in [0.3, 0.4) is 0 Å². The number of aromatic amines is 1. The summed E-state index contributed by atoms with van der Waals surface area (Å²) in [7, 11) is 1.29. The smallest absolute Gasteiger partial charge is 0.328 e. The molecule has 4 rings (SSSR count). The first-order valence-corrected chi connectivity index (χ1v) is 13.1. The minimum Gasteiger partial charge on any atom is -0.508 e. The molecule has 3 atom stereocenters. The van der Waals surface area contributed by atoms with E-state index >= 15 is 0 Å². The number of halogens is 1. The van der Waals surface area contributed by atoms with Gasteiger partial charge < -0.3 is 20.1 Å². The van der Waals surface area contributed by atoms with E-state index in [0.29, 0.717) is 5.75 Å². The van der Waals surface area contributed by atoms with E-state index in [0.717, 1.165) is 51.1 Å². The van der Waals surface area contributed by atoms with Gasteiger partial charge in [0, 0.05) is 40.7 Å². The van der Waals surface area contributed by atoms with Crippen LogP contribution in [0, 0.1) is 5.92 Å². The van der Waals surface area contributed by atoms with Gasteiger partial charge >= 0.3 is 5.97 Å². The molecule has 0 aliphatic heterocycles. The molecule has 0 saturated heterocycles. The number of fused-ring (bicyclic) bond motifs is 2. The molecule has 3 aromatic rings. The van der Waals surface area contributed by atoms with Crippen LogP contribution in [-0.4, -0.2) is 46.0 Å². The lowest BCUT2D eigenvalue weighted by molar-refractivity contribution is -0.145. The summed E-state index contributed by atoms with van der Waals surface area (Å²) >= 11 is 4.63. The first-order valence-electron chi connectivity index (χ1n) is 11.4. The van der Waals surface area contributed by atoms with Crippen LogP contribution < -0.4 is 5.32 Å². The van der Waals surface area contributed by atoms with Crippen LogP contribution in [0.25, 0.3) is 10.9 Å². The van der Waals surface area contributed by atoms with Gasteiger partial charge in [0.2, 0.25) is 5.91 Å². The molecular weight excluding hydrogens is 532 g/mol. The number of aromatic nitrogens is 1. The van der Waals surface area contributed by atoms with Crippen LogP contribution in [0.15, 0.2) is 47.1 Å². The van der Waals surface area contributed by atoms with Gasteiger partial charge in [-0.3, -0.25) is 9.59 Å². The van der Waals surface area contributed by atoms with Crippen molar-refractivity contribution in [1.29, 1.82) is 0 Å². The lowest BCUT2D eigenvalue weighted by Crippen LogP contribution is -2.47. The number of hydrogen-bond acceptors (Lipinski definition) is 6. The summed E-state index contributed by atoms with van der Waals surface area (Å²) in [5, 5.41) is 13.5. The summed E-state index contributed by atoms with van der Waals surface area (Å²) in [6.07, 6.45) is 3.61. The number of methoxy groups -OCH3 is 1. The fourth-order valence-electron chi connectivity index (χ4n) is 4.79. The summed E-state index contributed by atoms with van der Waals surface area (Å²) < 4.78 is 5.99. The molecule has 1 aromatic heterocycles. The Morgan fingerprint density at radius 3 is 2.80 bits per heavy atom. The van der Waals surface area contributed by atoms with Crippen molar-refractivity contribution in [3.05, 3.63) is 63.8 Å². The fraction of sp³-hybridized carbons (Fsp3) is 0.346. The summed E-state index contributed by atoms with van der Waals surface area (Å²) in [6, 6.07) is 10.1. The largest absolute Gasteiger partial charge is 0.508 e. The van der Waals surface area contributed by atoms with Crippen LogP contribution in [-0.2, 0) is 32.0 Å². The van der Waals surface area contributed by atoms with Crippen LogP contribution >= 0.6 is 27.7 Å². The lowest BCUT2D eigenvalue weighted by Gasteiger charge is -2.26. The number of phenolic OH excluding ortho intramolecular Hbond substituents is 1. The lowest BCUT2D eigenvalue weighted by atomic mass is 9.87. The number of nitrogens with one attached hydrogen (secondary N) is 2. The highest BCUT2D eigenvalue weighted by atomic mass is 79.9. The SMILES string of the molecule is COC(=O)C(Cc1c[nH]c2ccc(O)cc12)NC(=O)C(CSC(C)=O)C1CCc2cc(Br)ccc21. The van der Waals surface area contributed by atoms with Crippen LogP contribution in [0.5, 0.6) is 5.75 Å². The third-order valence-corrected chi connectivity index (χ3v) is 7.92. The molecule has 0 spiro atoms. The first-order chi connectivity index (χ1) is 16.8. The standard InChI is InChI=1S/C26H27BrN2O5S/c1-14(30)35-13-22(20-6-3-15-9-17(27)4-7-19(15)20)25(32)29-24(26(33)34-2)10-16-12-28-23-8-5-18(31)11-21(16)23/h4-5,7-9,11-12,20,22,24,28,31H,3,6,10,13H2,1-2H3,(H,29,32). The van der Waals surface area contributed by atoms with E-state index in [-0.39, 0.29) is 29.1 Å². The summed E-state index contributed by atoms with van der Waals surface area (Å²) in [5.41, 5.74) is 3.90. The number of carbonyl (C=O) groups excluding carboxylic acids is 3. The molecule has 35 heavy (non-hydrogen) atoms. The molecule has 184 valence electrons. The number of aromatic hydroxyl groups is 1. The molecule has 0 saturated carbocycles. The monoisotopic (exact) mass is 558 g/mol. The Kier molecular flexibility index (Phi) is 7.86. The molecule has 1 aliphatic carbocycles. The molecule has 3 N–H and O–H groups in total. The molecule has 0 radical (unpaired) electrons. The maximum atomic E-state index is 13.6. The van der Waals surface area contributed by atoms with Crippen LogP contribution in [0.4, 0.5) is 0 Å². The molecule has 1 aliphatic rings. The highest BCUT2D eigenvalue weighted by Crippen LogP contribution is 2.41. The summed E-state index contributed by atoms with van der Waals surface area (Å²) in [5.74, 6) is -0.918. The minimum atomic E-state index is -0.913. The molecule has 2 aromatic carbocycles. The number of H-pyrrole nitrogens is 1. The Morgan fingerprint density at radius 1 is 1.26 bits per heavy atom. The number of carbonyl (C=O) groups is 3. The number of ether oxygens (including phenoxy) is 1. The number of esters is 1. The molecular formula is C26H27BrN2O5S. The van der Waals surface area contributed by atoms with E-state index < -0.39 is 17.9 Å². The van der Waals surface area contributed by atoms with Crippen LogP contribution in [0.1, 0.15) is 36.0 Å². The van der Waals surface area contributed by atoms with Gasteiger partial charge in [-0.05, 0) is 65.8 Å². The van der Waals surface area contributed by atoms with E-state index in [1.54, 1.807) is 24.4 Å². The van der Waals surface area contributed by atoms with Crippen molar-refractivity contribution in [2.75, 3.05) is 12.9 Å². The number of aryl methyl sites for hydroxylation is 1. The topological polar surface area (TPSA) is 108 Å². The van der Waals surface area contributed by atoms with Crippen LogP contribution in [0.2, 0.25) is 0 Å². The molecule has 7 nitrogen and oxygen atoms in total.